The van der Waals surface area contributed by atoms with E-state index in [1.54, 1.807) is 47.0 Å². The minimum Gasteiger partial charge on any atom is -0.360 e. The zero-order valence-electron chi connectivity index (χ0n) is 19.7. The zero-order chi connectivity index (χ0) is 25.2. The molecule has 1 N–H and O–H groups in total. The van der Waals surface area contributed by atoms with E-state index in [9.17, 15) is 18.8 Å². The van der Waals surface area contributed by atoms with Crippen molar-refractivity contribution >= 4 is 40.3 Å². The van der Waals surface area contributed by atoms with Gasteiger partial charge in [0.25, 0.3) is 17.6 Å². The molecule has 4 aromatic rings. The Hall–Kier alpha value is -3.91. The Morgan fingerprint density at radius 3 is 2.22 bits per heavy atom. The number of hydrogen-bond acceptors (Lipinski definition) is 4. The number of Topliss-reactive ketones (excluding diaryl/α,β-unsaturated/α-hetero) is 1. The van der Waals surface area contributed by atoms with Crippen molar-refractivity contribution in [3.05, 3.63) is 89.9 Å². The van der Waals surface area contributed by atoms with Crippen molar-refractivity contribution in [1.29, 1.82) is 0 Å². The van der Waals surface area contributed by atoms with Gasteiger partial charge in [0.1, 0.15) is 5.82 Å². The Bertz CT molecular complexity index is 1460. The van der Waals surface area contributed by atoms with Crippen LogP contribution in [-0.2, 0) is 4.79 Å². The van der Waals surface area contributed by atoms with E-state index in [-0.39, 0.29) is 29.9 Å². The molecule has 0 unspecified atom stereocenters. The van der Waals surface area contributed by atoms with Crippen molar-refractivity contribution in [2.45, 2.75) is 4.90 Å². The molecule has 1 saturated heterocycles. The van der Waals surface area contributed by atoms with E-state index in [2.05, 4.69) is 4.98 Å². The van der Waals surface area contributed by atoms with Gasteiger partial charge in [-0.05, 0) is 42.2 Å². The molecule has 0 aliphatic carbocycles. The minimum absolute atomic E-state index is 0.0128. The molecule has 2 amide bonds. The first-order valence-corrected chi connectivity index (χ1v) is 12.8. The number of aromatic nitrogens is 1. The standard InChI is InChI=1S/C28H24FN3O3S/c1-36-23-10-6-5-9-19(23)20-11-12-22(29)24-21(17-30-25(20)24)26(33)28(35)32-15-13-31(14-16-32)27(34)18-7-3-2-4-8-18/h2-12,17,30H,13-16H2,1H3. The number of amides is 2. The lowest BCUT2D eigenvalue weighted by Crippen LogP contribution is -2.52. The number of fused-ring (bicyclic) bond motifs is 1. The molecule has 0 atom stereocenters. The molecule has 0 radical (unpaired) electrons. The summed E-state index contributed by atoms with van der Waals surface area (Å²) < 4.78 is 15.0. The normalized spacial score (nSPS) is 13.7. The number of rotatable bonds is 5. The lowest BCUT2D eigenvalue weighted by Gasteiger charge is -2.34. The maximum atomic E-state index is 15.0. The number of aromatic amines is 1. The van der Waals surface area contributed by atoms with Crippen molar-refractivity contribution in [2.75, 3.05) is 32.4 Å². The molecule has 8 heteroatoms. The predicted octanol–water partition coefficient (Wildman–Crippen LogP) is 4.86. The summed E-state index contributed by atoms with van der Waals surface area (Å²) in [6.07, 6.45) is 3.38. The summed E-state index contributed by atoms with van der Waals surface area (Å²) in [4.78, 5) is 46.1. The van der Waals surface area contributed by atoms with Gasteiger partial charge < -0.3 is 14.8 Å². The molecule has 0 saturated carbocycles. The molecular weight excluding hydrogens is 477 g/mol. The molecule has 1 fully saturated rings. The van der Waals surface area contributed by atoms with Crippen molar-refractivity contribution in [1.82, 2.24) is 14.8 Å². The van der Waals surface area contributed by atoms with Gasteiger partial charge in [-0.1, -0.05) is 36.4 Å². The summed E-state index contributed by atoms with van der Waals surface area (Å²) in [6, 6.07) is 19.7. The van der Waals surface area contributed by atoms with Crippen LogP contribution < -0.4 is 0 Å². The average Bonchev–Trinajstić information content (AvgIpc) is 3.39. The van der Waals surface area contributed by atoms with Crippen LogP contribution in [0.3, 0.4) is 0 Å². The summed E-state index contributed by atoms with van der Waals surface area (Å²) in [5, 5.41) is 0.111. The molecule has 182 valence electrons. The summed E-state index contributed by atoms with van der Waals surface area (Å²) in [5.74, 6) is -2.13. The van der Waals surface area contributed by atoms with E-state index >= 15 is 0 Å². The summed E-state index contributed by atoms with van der Waals surface area (Å²) in [7, 11) is 0. The van der Waals surface area contributed by atoms with Crippen molar-refractivity contribution in [2.24, 2.45) is 0 Å². The van der Waals surface area contributed by atoms with Gasteiger partial charge in [-0.3, -0.25) is 14.4 Å². The largest absolute Gasteiger partial charge is 0.360 e. The van der Waals surface area contributed by atoms with E-state index < -0.39 is 17.5 Å². The van der Waals surface area contributed by atoms with Crippen LogP contribution in [0.25, 0.3) is 22.0 Å². The molecule has 1 aliphatic heterocycles. The fraction of sp³-hybridized carbons (Fsp3) is 0.179. The molecule has 6 nitrogen and oxygen atoms in total. The molecule has 1 aliphatic rings. The second-order valence-corrected chi connectivity index (χ2v) is 9.38. The van der Waals surface area contributed by atoms with Gasteiger partial charge in [0.15, 0.2) is 0 Å². The predicted molar refractivity (Wildman–Crippen MR) is 139 cm³/mol. The highest BCUT2D eigenvalue weighted by atomic mass is 32.2. The number of nitrogens with one attached hydrogen (secondary N) is 1. The number of thioether (sulfide) groups is 1. The molecular formula is C28H24FN3O3S. The van der Waals surface area contributed by atoms with E-state index in [1.165, 1.54) is 17.2 Å². The van der Waals surface area contributed by atoms with Crippen molar-refractivity contribution < 1.29 is 18.8 Å². The second kappa shape index (κ2) is 9.99. The first-order valence-electron chi connectivity index (χ1n) is 11.6. The highest BCUT2D eigenvalue weighted by Crippen LogP contribution is 2.36. The quantitative estimate of drug-likeness (QED) is 0.241. The number of carbonyl (C=O) groups is 3. The summed E-state index contributed by atoms with van der Waals surface area (Å²) in [6.45, 7) is 1.12. The van der Waals surface area contributed by atoms with Crippen molar-refractivity contribution in [3.63, 3.8) is 0 Å². The maximum absolute atomic E-state index is 15.0. The van der Waals surface area contributed by atoms with Crippen molar-refractivity contribution in [3.8, 4) is 11.1 Å². The van der Waals surface area contributed by atoms with Gasteiger partial charge in [-0.2, -0.15) is 0 Å². The van der Waals surface area contributed by atoms with Gasteiger partial charge in [0.05, 0.1) is 11.1 Å². The molecule has 2 heterocycles. The third-order valence-electron chi connectivity index (χ3n) is 6.50. The molecule has 1 aromatic heterocycles. The van der Waals surface area contributed by atoms with Crippen LogP contribution in [0, 0.1) is 5.82 Å². The topological polar surface area (TPSA) is 73.5 Å². The van der Waals surface area contributed by atoms with Gasteiger partial charge >= 0.3 is 0 Å². The smallest absolute Gasteiger partial charge is 0.295 e. The SMILES string of the molecule is CSc1ccccc1-c1ccc(F)c2c(C(=O)C(=O)N3CCN(C(=O)c4ccccc4)CC3)c[nH]c12. The first kappa shape index (κ1) is 23.8. The number of nitrogens with zero attached hydrogens (tertiary/aromatic N) is 2. The number of H-pyrrole nitrogens is 1. The number of piperazine rings is 1. The average molecular weight is 502 g/mol. The first-order chi connectivity index (χ1) is 17.5. The minimum atomic E-state index is -0.765. The van der Waals surface area contributed by atoms with E-state index in [0.717, 1.165) is 16.0 Å². The van der Waals surface area contributed by atoms with Gasteiger partial charge in [0.2, 0.25) is 0 Å². The van der Waals surface area contributed by atoms with Crippen LogP contribution in [-0.4, -0.2) is 64.8 Å². The monoisotopic (exact) mass is 501 g/mol. The molecule has 0 spiro atoms. The molecule has 3 aromatic carbocycles. The van der Waals surface area contributed by atoms with E-state index in [4.69, 9.17) is 0 Å². The third kappa shape index (κ3) is 4.28. The Balaban J connectivity index is 1.37. The zero-order valence-corrected chi connectivity index (χ0v) is 20.5. The summed E-state index contributed by atoms with van der Waals surface area (Å²) in [5.41, 5.74) is 2.75. The molecule has 36 heavy (non-hydrogen) atoms. The summed E-state index contributed by atoms with van der Waals surface area (Å²) >= 11 is 1.58. The Kier molecular flexibility index (Phi) is 6.61. The number of halogens is 1. The number of benzene rings is 3. The highest BCUT2D eigenvalue weighted by Gasteiger charge is 2.31. The van der Waals surface area contributed by atoms with Crippen LogP contribution in [0.1, 0.15) is 20.7 Å². The maximum Gasteiger partial charge on any atom is 0.295 e. The number of ketones is 1. The molecule has 5 rings (SSSR count). The van der Waals surface area contributed by atoms with Crippen LogP contribution in [0.15, 0.2) is 77.8 Å². The fourth-order valence-corrected chi connectivity index (χ4v) is 5.22. The lowest BCUT2D eigenvalue weighted by atomic mass is 10.00. The van der Waals surface area contributed by atoms with Gasteiger partial charge in [-0.25, -0.2) is 4.39 Å². The van der Waals surface area contributed by atoms with Gasteiger partial charge in [-0.15, -0.1) is 11.8 Å². The van der Waals surface area contributed by atoms with E-state index in [1.807, 2.05) is 36.6 Å². The van der Waals surface area contributed by atoms with Crippen LogP contribution >= 0.6 is 11.8 Å². The fourth-order valence-electron chi connectivity index (χ4n) is 4.61. The Morgan fingerprint density at radius 2 is 1.50 bits per heavy atom. The molecule has 0 bridgehead atoms. The highest BCUT2D eigenvalue weighted by molar-refractivity contribution is 7.98. The lowest BCUT2D eigenvalue weighted by molar-refractivity contribution is -0.127. The number of hydrogen-bond donors (Lipinski definition) is 1. The van der Waals surface area contributed by atoms with E-state index in [0.29, 0.717) is 24.2 Å². The van der Waals surface area contributed by atoms with Crippen LogP contribution in [0.5, 0.6) is 0 Å². The Labute approximate surface area is 212 Å². The third-order valence-corrected chi connectivity index (χ3v) is 7.29. The Morgan fingerprint density at radius 1 is 0.833 bits per heavy atom. The van der Waals surface area contributed by atoms with Crippen LogP contribution in [0.2, 0.25) is 0 Å². The number of carbonyl (C=O) groups excluding carboxylic acids is 3. The van der Waals surface area contributed by atoms with Crippen LogP contribution in [0.4, 0.5) is 4.39 Å². The second-order valence-electron chi connectivity index (χ2n) is 8.53. The van der Waals surface area contributed by atoms with Gasteiger partial charge in [0, 0.05) is 53.8 Å².